The minimum Gasteiger partial charge on any atom is -0.465 e. The molecule has 5 N–H and O–H groups in total. The molecular weight excluding hydrogens is 891 g/mol. The standard InChI is InChI=1S/C50H40F2N10O7/c1-26(2)41(59-50(67)68-3)46(63)61-18-8-12-38(61)44-55-34-16-14-29(21-35(34)56-44)39-25-54-45-33-15-13-28(22-40(33)69-48(62(39)45)30-19-31(51)23-32(52)20-30)36-24-53-43(57-36)37-11-7-17-60(37)47(64)42(58-49(65)66)27-9-5-4-6-10-27/h4-26,41-42,48,58H,1-3H3,(H,53,57)(H,55,56)(H,59,67)(H,65,66)/t41-,42-,48-/m0/s1. The van der Waals surface area contributed by atoms with Gasteiger partial charge in [-0.3, -0.25) is 23.3 Å². The molecule has 0 aliphatic carbocycles. The van der Waals surface area contributed by atoms with E-state index in [1.165, 1.54) is 34.6 Å². The summed E-state index contributed by atoms with van der Waals surface area (Å²) in [5, 5.41) is 14.5. The van der Waals surface area contributed by atoms with Crippen molar-refractivity contribution < 1.29 is 42.5 Å². The van der Waals surface area contributed by atoms with Gasteiger partial charge in [0.25, 0.3) is 11.8 Å². The first kappa shape index (κ1) is 43.7. The molecule has 2 amide bonds. The molecule has 19 heteroatoms. The highest BCUT2D eigenvalue weighted by Crippen LogP contribution is 2.45. The predicted octanol–water partition coefficient (Wildman–Crippen LogP) is 9.31. The van der Waals surface area contributed by atoms with Crippen molar-refractivity contribution in [1.29, 1.82) is 0 Å². The molecule has 6 heterocycles. The Balaban J connectivity index is 0.986. The molecule has 10 rings (SSSR count). The van der Waals surface area contributed by atoms with E-state index in [2.05, 4.69) is 25.6 Å². The van der Waals surface area contributed by atoms with Gasteiger partial charge in [0.2, 0.25) is 6.23 Å². The molecular formula is C50H40F2N10O7. The number of nitrogens with one attached hydrogen (secondary N) is 4. The number of methoxy groups -OCH3 is 1. The number of benzene rings is 4. The number of amides is 2. The average Bonchev–Trinajstić information content (AvgIpc) is 4.20. The number of carbonyl (C=O) groups is 4. The topological polar surface area (TPSA) is 216 Å². The van der Waals surface area contributed by atoms with E-state index >= 15 is 0 Å². The molecule has 3 atom stereocenters. The van der Waals surface area contributed by atoms with Crippen molar-refractivity contribution in [3.05, 3.63) is 157 Å². The summed E-state index contributed by atoms with van der Waals surface area (Å²) in [7, 11) is 1.23. The van der Waals surface area contributed by atoms with Crippen LogP contribution in [0.25, 0.3) is 68.0 Å². The van der Waals surface area contributed by atoms with Crippen LogP contribution in [-0.4, -0.2) is 80.9 Å². The Morgan fingerprint density at radius 1 is 0.754 bits per heavy atom. The zero-order valence-corrected chi connectivity index (χ0v) is 36.8. The van der Waals surface area contributed by atoms with Crippen LogP contribution in [0.1, 0.15) is 46.8 Å². The highest BCUT2D eigenvalue weighted by Gasteiger charge is 2.33. The van der Waals surface area contributed by atoms with Crippen LogP contribution < -0.4 is 15.4 Å². The Hall–Kier alpha value is -9.13. The Morgan fingerprint density at radius 2 is 1.46 bits per heavy atom. The Morgan fingerprint density at radius 3 is 2.17 bits per heavy atom. The smallest absolute Gasteiger partial charge is 0.407 e. The van der Waals surface area contributed by atoms with Crippen molar-refractivity contribution in [2.45, 2.75) is 32.2 Å². The second-order valence-corrected chi connectivity index (χ2v) is 16.5. The molecule has 0 fully saturated rings. The molecule has 0 bridgehead atoms. The monoisotopic (exact) mass is 930 g/mol. The number of H-pyrrole nitrogens is 2. The molecule has 69 heavy (non-hydrogen) atoms. The number of ether oxygens (including phenoxy) is 2. The maximum absolute atomic E-state index is 15.0. The highest BCUT2D eigenvalue weighted by molar-refractivity contribution is 5.93. The molecule has 1 aliphatic rings. The molecule has 0 unspecified atom stereocenters. The summed E-state index contributed by atoms with van der Waals surface area (Å²) < 4.78 is 45.9. The van der Waals surface area contributed by atoms with E-state index in [4.69, 9.17) is 19.4 Å². The van der Waals surface area contributed by atoms with Gasteiger partial charge in [-0.15, -0.1) is 0 Å². The quantitative estimate of drug-likeness (QED) is 0.0828. The third kappa shape index (κ3) is 8.15. The van der Waals surface area contributed by atoms with Crippen LogP contribution in [0.4, 0.5) is 18.4 Å². The number of halogens is 2. The zero-order valence-electron chi connectivity index (χ0n) is 36.8. The number of alkyl carbamates (subject to hydrolysis) is 1. The number of fused-ring (bicyclic) bond motifs is 4. The molecule has 4 aromatic carbocycles. The van der Waals surface area contributed by atoms with Crippen LogP contribution in [0.2, 0.25) is 0 Å². The van der Waals surface area contributed by atoms with Gasteiger partial charge in [-0.1, -0.05) is 56.3 Å². The van der Waals surface area contributed by atoms with Gasteiger partial charge in [-0.25, -0.2) is 33.3 Å². The van der Waals surface area contributed by atoms with Gasteiger partial charge in [0, 0.05) is 35.2 Å². The fourth-order valence-corrected chi connectivity index (χ4v) is 8.56. The summed E-state index contributed by atoms with van der Waals surface area (Å²) in [6.45, 7) is 3.63. The lowest BCUT2D eigenvalue weighted by molar-refractivity contribution is 0.0821. The number of imidazole rings is 3. The van der Waals surface area contributed by atoms with E-state index in [9.17, 15) is 33.1 Å². The van der Waals surface area contributed by atoms with Gasteiger partial charge in [-0.2, -0.15) is 0 Å². The molecule has 0 saturated carbocycles. The lowest BCUT2D eigenvalue weighted by atomic mass is 10.0. The average molecular weight is 931 g/mol. The predicted molar refractivity (Wildman–Crippen MR) is 248 cm³/mol. The van der Waals surface area contributed by atoms with Crippen molar-refractivity contribution >= 4 is 35.0 Å². The van der Waals surface area contributed by atoms with Crippen molar-refractivity contribution in [2.24, 2.45) is 5.92 Å². The van der Waals surface area contributed by atoms with Crippen molar-refractivity contribution in [3.8, 4) is 62.7 Å². The van der Waals surface area contributed by atoms with Crippen molar-refractivity contribution in [1.82, 2.24) is 49.3 Å². The van der Waals surface area contributed by atoms with Gasteiger partial charge in [0.1, 0.15) is 35.3 Å². The van der Waals surface area contributed by atoms with Gasteiger partial charge in [-0.05, 0) is 72.1 Å². The van der Waals surface area contributed by atoms with Gasteiger partial charge < -0.3 is 35.2 Å². The van der Waals surface area contributed by atoms with E-state index in [-0.39, 0.29) is 17.4 Å². The number of carbonyl (C=O) groups excluding carboxylic acids is 3. The molecule has 5 aromatic heterocycles. The summed E-state index contributed by atoms with van der Waals surface area (Å²) in [6, 6.07) is 27.3. The lowest BCUT2D eigenvalue weighted by Crippen LogP contribution is -2.46. The van der Waals surface area contributed by atoms with Gasteiger partial charge >= 0.3 is 12.2 Å². The van der Waals surface area contributed by atoms with Crippen LogP contribution in [0.15, 0.2) is 134 Å². The Labute approximate surface area is 390 Å². The first-order valence-electron chi connectivity index (χ1n) is 21.6. The number of hydrogen-bond acceptors (Lipinski definition) is 9. The van der Waals surface area contributed by atoms with Crippen LogP contribution in [0, 0.1) is 17.6 Å². The second-order valence-electron chi connectivity index (χ2n) is 16.5. The highest BCUT2D eigenvalue weighted by atomic mass is 19.1. The van der Waals surface area contributed by atoms with Crippen LogP contribution in [0.3, 0.4) is 0 Å². The fraction of sp³-hybridized carbons (Fsp3) is 0.140. The molecule has 0 radical (unpaired) electrons. The Kier molecular flexibility index (Phi) is 11.2. The third-order valence-electron chi connectivity index (χ3n) is 11.8. The van der Waals surface area contributed by atoms with Gasteiger partial charge in [0.05, 0.1) is 58.9 Å². The third-order valence-corrected chi connectivity index (χ3v) is 11.8. The first-order valence-corrected chi connectivity index (χ1v) is 21.6. The molecule has 17 nitrogen and oxygen atoms in total. The van der Waals surface area contributed by atoms with Crippen molar-refractivity contribution in [3.63, 3.8) is 0 Å². The van der Waals surface area contributed by atoms with E-state index in [1.807, 2.05) is 38.1 Å². The Bertz CT molecular complexity index is 3440. The maximum Gasteiger partial charge on any atom is 0.407 e. The molecule has 1 aliphatic heterocycles. The van der Waals surface area contributed by atoms with Crippen LogP contribution >= 0.6 is 0 Å². The lowest BCUT2D eigenvalue weighted by Gasteiger charge is -2.30. The SMILES string of the molecule is COC(=O)N[C@H](C(=O)n1cccc1-c1nc2ccc(-c3cnc4n3[C@H](c3cc(F)cc(F)c3)Oc3cc(-c5cnc(-c6cccn6C(=O)[C@@H](NC(=O)O)c6ccccc6)[nH]5)ccc3-4)cc2[nH]1)C(C)C. The molecule has 0 spiro atoms. The minimum absolute atomic E-state index is 0.182. The summed E-state index contributed by atoms with van der Waals surface area (Å²) in [5.74, 6) is -1.23. The first-order chi connectivity index (χ1) is 33.3. The van der Waals surface area contributed by atoms with E-state index in [0.29, 0.717) is 79.3 Å². The summed E-state index contributed by atoms with van der Waals surface area (Å²) in [6.07, 6.45) is 3.19. The minimum atomic E-state index is -1.36. The van der Waals surface area contributed by atoms with Crippen LogP contribution in [0.5, 0.6) is 5.75 Å². The second kappa shape index (κ2) is 17.6. The van der Waals surface area contributed by atoms with Crippen molar-refractivity contribution in [2.75, 3.05) is 7.11 Å². The number of carboxylic acid groups (broad SMARTS) is 1. The number of hydrogen-bond donors (Lipinski definition) is 5. The normalized spacial score (nSPS) is 13.9. The number of rotatable bonds is 11. The fourth-order valence-electron chi connectivity index (χ4n) is 8.56. The number of aromatic nitrogens is 8. The largest absolute Gasteiger partial charge is 0.465 e. The van der Waals surface area contributed by atoms with E-state index in [1.54, 1.807) is 89.9 Å². The van der Waals surface area contributed by atoms with E-state index < -0.39 is 48.0 Å². The molecule has 346 valence electrons. The number of nitrogens with zero attached hydrogens (tertiary/aromatic N) is 6. The zero-order chi connectivity index (χ0) is 48.1. The molecule has 9 aromatic rings. The summed E-state index contributed by atoms with van der Waals surface area (Å²) in [4.78, 5) is 72.2. The number of aromatic amines is 2. The summed E-state index contributed by atoms with van der Waals surface area (Å²) in [5.41, 5.74) is 5.69. The molecule has 0 saturated heterocycles. The van der Waals surface area contributed by atoms with E-state index in [0.717, 1.165) is 6.07 Å². The summed E-state index contributed by atoms with van der Waals surface area (Å²) >= 11 is 0. The van der Waals surface area contributed by atoms with Crippen LogP contribution in [-0.2, 0) is 4.74 Å². The van der Waals surface area contributed by atoms with Gasteiger partial charge in [0.15, 0.2) is 11.6 Å². The maximum atomic E-state index is 15.0.